The highest BCUT2D eigenvalue weighted by Gasteiger charge is 2.75. The minimum absolute atomic E-state index is 0.252. The van der Waals surface area contributed by atoms with Crippen LogP contribution in [-0.4, -0.2) is 81.8 Å². The Bertz CT molecular complexity index is 1900. The van der Waals surface area contributed by atoms with Gasteiger partial charge in [-0.15, -0.1) is 0 Å². The predicted molar refractivity (Wildman–Crippen MR) is 169 cm³/mol. The molecule has 0 unspecified atom stereocenters. The molecular formula is C34H34N6O6. The number of hydrogen-bond acceptors (Lipinski definition) is 10. The normalized spacial score (nSPS) is 25.8. The highest BCUT2D eigenvalue weighted by atomic mass is 16.5. The van der Waals surface area contributed by atoms with Crippen LogP contribution in [0.25, 0.3) is 11.2 Å². The predicted octanol–water partition coefficient (Wildman–Crippen LogP) is 2.25. The second kappa shape index (κ2) is 12.0. The zero-order chi connectivity index (χ0) is 31.8. The lowest BCUT2D eigenvalue weighted by Crippen LogP contribution is -2.41. The third-order valence-corrected chi connectivity index (χ3v) is 9.00. The maximum absolute atomic E-state index is 12.7. The van der Waals surface area contributed by atoms with Crippen molar-refractivity contribution >= 4 is 22.9 Å². The third-order valence-electron chi connectivity index (χ3n) is 9.00. The Hall–Kier alpha value is -5.12. The van der Waals surface area contributed by atoms with Gasteiger partial charge in [-0.2, -0.15) is 0 Å². The van der Waals surface area contributed by atoms with Gasteiger partial charge in [-0.25, -0.2) is 15.0 Å². The molecule has 1 amide bonds. The van der Waals surface area contributed by atoms with E-state index in [-0.39, 0.29) is 17.6 Å². The van der Waals surface area contributed by atoms with E-state index < -0.39 is 23.7 Å². The van der Waals surface area contributed by atoms with E-state index in [2.05, 4.69) is 27.5 Å². The summed E-state index contributed by atoms with van der Waals surface area (Å²) in [6.45, 7) is 1.24. The Labute approximate surface area is 265 Å². The molecule has 0 saturated heterocycles. The van der Waals surface area contributed by atoms with Crippen molar-refractivity contribution in [3.05, 3.63) is 77.9 Å². The molecular weight excluding hydrogens is 588 g/mol. The average Bonchev–Trinajstić information content (AvgIpc) is 3.61. The molecule has 3 aliphatic rings. The van der Waals surface area contributed by atoms with Gasteiger partial charge in [0.2, 0.25) is 11.7 Å². The monoisotopic (exact) mass is 622 g/mol. The average molecular weight is 623 g/mol. The number of anilines is 1. The Morgan fingerprint density at radius 3 is 2.80 bits per heavy atom. The summed E-state index contributed by atoms with van der Waals surface area (Å²) in [5.41, 5.74) is 1.66. The van der Waals surface area contributed by atoms with Crippen molar-refractivity contribution in [1.29, 1.82) is 0 Å². The Kier molecular flexibility index (Phi) is 7.72. The van der Waals surface area contributed by atoms with Crippen LogP contribution in [0, 0.1) is 23.2 Å². The molecule has 5 atom stereocenters. The van der Waals surface area contributed by atoms with Crippen molar-refractivity contribution in [2.45, 2.75) is 31.1 Å². The van der Waals surface area contributed by atoms with E-state index in [1.807, 2.05) is 54.6 Å². The Balaban J connectivity index is 1.28. The van der Waals surface area contributed by atoms with Crippen molar-refractivity contribution in [1.82, 2.24) is 24.8 Å². The van der Waals surface area contributed by atoms with Crippen LogP contribution < -0.4 is 24.8 Å². The number of carbonyl (C=O) groups is 1. The molecule has 1 aliphatic heterocycles. The molecule has 7 rings (SSSR count). The van der Waals surface area contributed by atoms with Crippen LogP contribution in [0.5, 0.6) is 17.2 Å². The fourth-order valence-electron chi connectivity index (χ4n) is 6.63. The smallest absolute Gasteiger partial charge is 0.229 e. The van der Waals surface area contributed by atoms with E-state index >= 15 is 0 Å². The molecule has 4 N–H and O–H groups in total. The number of rotatable bonds is 3. The SMILES string of the molecule is CNC(=O)[C@@]12C[C@@H]1[C@@H](n1cnc3c4nc(nc31)C#Cc1cccc(c1)OC/C=C\COc1cc(ccc1OC)CCN4)[C@H](O)[C@@H]2O. The lowest BCUT2D eigenvalue weighted by molar-refractivity contribution is -0.132. The fraction of sp³-hybridized carbons (Fsp3) is 0.353. The van der Waals surface area contributed by atoms with E-state index in [1.165, 1.54) is 7.05 Å². The van der Waals surface area contributed by atoms with Gasteiger partial charge in [-0.3, -0.25) is 4.79 Å². The van der Waals surface area contributed by atoms with Crippen LogP contribution in [0.2, 0.25) is 0 Å². The van der Waals surface area contributed by atoms with Crippen molar-refractivity contribution in [2.75, 3.05) is 39.2 Å². The Morgan fingerprint density at radius 2 is 1.98 bits per heavy atom. The van der Waals surface area contributed by atoms with Gasteiger partial charge in [0.25, 0.3) is 0 Å². The number of hydrogen-bond donors (Lipinski definition) is 4. The van der Waals surface area contributed by atoms with Crippen LogP contribution in [0.15, 0.2) is 60.9 Å². The van der Waals surface area contributed by atoms with Crippen molar-refractivity contribution in [3.63, 3.8) is 0 Å². The number of aromatic nitrogens is 4. The number of fused-ring (bicyclic) bond motifs is 9. The zero-order valence-corrected chi connectivity index (χ0v) is 25.4. The lowest BCUT2D eigenvalue weighted by Gasteiger charge is -2.23. The quantitative estimate of drug-likeness (QED) is 0.198. The standard InChI is InChI=1S/C34H34N6O6/c1-35-33(43)34-18-23(34)28(29(41)30(34)42)40-19-37-27-31-36-13-12-21-8-10-24(44-2)25(17-21)46-15-4-3-14-45-22-7-5-6-20(16-22)9-11-26(38-31)39-32(27)40/h3-8,10,16-17,19,23,28-30,41-42H,12-15,18H2,1-2H3,(H,35,43)(H,36,38,39)/b4-3-/t23-,28-,29+,30+,34+/m1/s1. The minimum Gasteiger partial charge on any atom is -0.493 e. The molecule has 3 heterocycles. The molecule has 236 valence electrons. The zero-order valence-electron chi connectivity index (χ0n) is 25.4. The number of aliphatic hydroxyl groups excluding tert-OH is 2. The van der Waals surface area contributed by atoms with Gasteiger partial charge in [0, 0.05) is 25.1 Å². The summed E-state index contributed by atoms with van der Waals surface area (Å²) in [6, 6.07) is 12.7. The first-order chi connectivity index (χ1) is 22.4. The van der Waals surface area contributed by atoms with Crippen LogP contribution in [0.3, 0.4) is 0 Å². The van der Waals surface area contributed by atoms with Gasteiger partial charge in [-0.05, 0) is 66.8 Å². The maximum Gasteiger partial charge on any atom is 0.229 e. The molecule has 2 aliphatic carbocycles. The first-order valence-corrected chi connectivity index (χ1v) is 15.2. The number of aliphatic hydroxyl groups is 2. The molecule has 2 fully saturated rings. The highest BCUT2D eigenvalue weighted by molar-refractivity contribution is 5.88. The number of methoxy groups -OCH3 is 1. The van der Waals surface area contributed by atoms with E-state index in [1.54, 1.807) is 18.0 Å². The number of carbonyl (C=O) groups excluding carboxylic acids is 1. The molecule has 2 saturated carbocycles. The Morgan fingerprint density at radius 1 is 1.13 bits per heavy atom. The van der Waals surface area contributed by atoms with Gasteiger partial charge in [0.1, 0.15) is 25.1 Å². The number of nitrogens with one attached hydrogen (secondary N) is 2. The van der Waals surface area contributed by atoms with Crippen LogP contribution >= 0.6 is 0 Å². The third kappa shape index (κ3) is 5.17. The number of nitrogens with zero attached hydrogens (tertiary/aromatic N) is 4. The summed E-state index contributed by atoms with van der Waals surface area (Å²) >= 11 is 0. The van der Waals surface area contributed by atoms with Crippen LogP contribution in [0.1, 0.15) is 29.4 Å². The molecule has 6 bridgehead atoms. The summed E-state index contributed by atoms with van der Waals surface area (Å²) in [6.07, 6.45) is 4.10. The van der Waals surface area contributed by atoms with Gasteiger partial charge in [-0.1, -0.05) is 18.1 Å². The summed E-state index contributed by atoms with van der Waals surface area (Å²) < 4.78 is 19.1. The van der Waals surface area contributed by atoms with Gasteiger partial charge in [0.15, 0.2) is 28.5 Å². The van der Waals surface area contributed by atoms with E-state index in [0.29, 0.717) is 66.8 Å². The minimum atomic E-state index is -1.21. The van der Waals surface area contributed by atoms with Gasteiger partial charge < -0.3 is 39.6 Å². The van der Waals surface area contributed by atoms with Crippen molar-refractivity contribution < 1.29 is 29.2 Å². The maximum atomic E-state index is 12.7. The topological polar surface area (TPSA) is 153 Å². The first kappa shape index (κ1) is 29.6. The molecule has 46 heavy (non-hydrogen) atoms. The number of imidazole rings is 1. The second-order valence-corrected chi connectivity index (χ2v) is 11.6. The van der Waals surface area contributed by atoms with Gasteiger partial charge >= 0.3 is 0 Å². The largest absolute Gasteiger partial charge is 0.493 e. The van der Waals surface area contributed by atoms with Crippen LogP contribution in [0.4, 0.5) is 5.82 Å². The number of amides is 1. The first-order valence-electron chi connectivity index (χ1n) is 15.2. The molecule has 0 radical (unpaired) electrons. The summed E-state index contributed by atoms with van der Waals surface area (Å²) in [4.78, 5) is 26.8. The van der Waals surface area contributed by atoms with Gasteiger partial charge in [0.05, 0.1) is 31.0 Å². The fourth-order valence-corrected chi connectivity index (χ4v) is 6.63. The summed E-state index contributed by atoms with van der Waals surface area (Å²) in [7, 11) is 3.15. The molecule has 12 nitrogen and oxygen atoms in total. The van der Waals surface area contributed by atoms with E-state index in [4.69, 9.17) is 24.2 Å². The highest BCUT2D eigenvalue weighted by Crippen LogP contribution is 2.67. The number of benzene rings is 2. The van der Waals surface area contributed by atoms with E-state index in [9.17, 15) is 15.0 Å². The summed E-state index contributed by atoms with van der Waals surface area (Å²) in [5, 5.41) is 28.1. The van der Waals surface area contributed by atoms with Crippen LogP contribution in [-0.2, 0) is 11.2 Å². The van der Waals surface area contributed by atoms with Crippen molar-refractivity contribution in [2.24, 2.45) is 11.3 Å². The molecule has 2 aromatic carbocycles. The van der Waals surface area contributed by atoms with Crippen molar-refractivity contribution in [3.8, 4) is 29.1 Å². The molecule has 4 aromatic rings. The molecule has 12 heteroatoms. The molecule has 2 aromatic heterocycles. The number of ether oxygens (including phenoxy) is 3. The second-order valence-electron chi connectivity index (χ2n) is 11.6. The lowest BCUT2D eigenvalue weighted by atomic mass is 9.98. The summed E-state index contributed by atoms with van der Waals surface area (Å²) in [5.74, 6) is 8.34. The molecule has 0 spiro atoms. The van der Waals surface area contributed by atoms with E-state index in [0.717, 1.165) is 11.1 Å².